The van der Waals surface area contributed by atoms with Crippen molar-refractivity contribution in [3.63, 3.8) is 0 Å². The predicted octanol–water partition coefficient (Wildman–Crippen LogP) is 4.43. The first-order valence-corrected chi connectivity index (χ1v) is 8.53. The largest absolute Gasteiger partial charge is 0.270 e. The summed E-state index contributed by atoms with van der Waals surface area (Å²) in [4.78, 5) is 5.64. The van der Waals surface area contributed by atoms with Gasteiger partial charge in [0.1, 0.15) is 4.32 Å². The minimum absolute atomic E-state index is 0.817. The predicted molar refractivity (Wildman–Crippen MR) is 93.0 cm³/mol. The maximum atomic E-state index is 5.48. The van der Waals surface area contributed by atoms with Gasteiger partial charge in [0.15, 0.2) is 4.80 Å². The van der Waals surface area contributed by atoms with E-state index in [1.54, 1.807) is 23.1 Å². The minimum atomic E-state index is 0.817. The molecule has 0 aliphatic rings. The summed E-state index contributed by atoms with van der Waals surface area (Å²) in [6, 6.07) is 18.2. The van der Waals surface area contributed by atoms with Crippen LogP contribution in [0, 0.1) is 0 Å². The van der Waals surface area contributed by atoms with Gasteiger partial charge in [0, 0.05) is 0 Å². The lowest BCUT2D eigenvalue weighted by molar-refractivity contribution is 1.15. The monoisotopic (exact) mass is 316 g/mol. The van der Waals surface area contributed by atoms with Crippen molar-refractivity contribution >= 4 is 55.5 Å². The Morgan fingerprint density at radius 3 is 2.55 bits per heavy atom. The number of para-hydroxylation sites is 2. The number of nitrogens with zero attached hydrogens (tertiary/aromatic N) is 2. The van der Waals surface area contributed by atoms with Crippen molar-refractivity contribution < 1.29 is 0 Å². The van der Waals surface area contributed by atoms with Crippen LogP contribution in [0.1, 0.15) is 0 Å². The van der Waals surface area contributed by atoms with E-state index in [1.165, 1.54) is 4.70 Å². The first-order valence-electron chi connectivity index (χ1n) is 6.08. The van der Waals surface area contributed by atoms with Gasteiger partial charge in [-0.25, -0.2) is 4.99 Å². The number of thiocarbonyl (C=S) groups is 1. The number of benzene rings is 2. The first kappa shape index (κ1) is 13.5. The molecule has 2 nitrogen and oxygen atoms in total. The van der Waals surface area contributed by atoms with Gasteiger partial charge in [0.2, 0.25) is 0 Å². The lowest BCUT2D eigenvalue weighted by Crippen LogP contribution is -2.18. The summed E-state index contributed by atoms with van der Waals surface area (Å²) in [5.41, 5.74) is 2.06. The van der Waals surface area contributed by atoms with Crippen LogP contribution in [0.3, 0.4) is 0 Å². The average molecular weight is 316 g/mol. The summed E-state index contributed by atoms with van der Waals surface area (Å²) in [6.45, 7) is 0. The SMILES string of the molecule is CSC(=S)n1c(=Nc2ccccc2)sc2ccccc21. The number of rotatable bonds is 1. The van der Waals surface area contributed by atoms with E-state index in [9.17, 15) is 0 Å². The molecule has 0 atom stereocenters. The Hall–Kier alpha value is -1.43. The molecule has 0 aliphatic carbocycles. The molecular formula is C15H12N2S3. The number of aromatic nitrogens is 1. The van der Waals surface area contributed by atoms with Crippen LogP contribution in [-0.4, -0.2) is 15.1 Å². The molecule has 0 radical (unpaired) electrons. The molecule has 1 aromatic heterocycles. The Kier molecular flexibility index (Phi) is 4.00. The Bertz CT molecular complexity index is 816. The smallest absolute Gasteiger partial charge is 0.196 e. The molecule has 5 heteroatoms. The van der Waals surface area contributed by atoms with E-state index in [-0.39, 0.29) is 0 Å². The van der Waals surface area contributed by atoms with Crippen molar-refractivity contribution in [2.45, 2.75) is 0 Å². The van der Waals surface area contributed by atoms with Gasteiger partial charge in [0.25, 0.3) is 0 Å². The van der Waals surface area contributed by atoms with Crippen LogP contribution >= 0.6 is 35.3 Å². The van der Waals surface area contributed by atoms with Gasteiger partial charge in [0.05, 0.1) is 15.9 Å². The van der Waals surface area contributed by atoms with Crippen LogP contribution in [0.2, 0.25) is 0 Å². The maximum Gasteiger partial charge on any atom is 0.196 e. The van der Waals surface area contributed by atoms with E-state index in [4.69, 9.17) is 17.2 Å². The van der Waals surface area contributed by atoms with E-state index in [0.717, 1.165) is 20.3 Å². The molecule has 20 heavy (non-hydrogen) atoms. The lowest BCUT2D eigenvalue weighted by atomic mass is 10.3. The molecule has 100 valence electrons. The Labute approximate surface area is 130 Å². The second kappa shape index (κ2) is 5.91. The molecule has 0 aliphatic heterocycles. The lowest BCUT2D eigenvalue weighted by Gasteiger charge is -2.03. The average Bonchev–Trinajstić information content (AvgIpc) is 2.85. The van der Waals surface area contributed by atoms with Crippen molar-refractivity contribution in [2.75, 3.05) is 6.26 Å². The van der Waals surface area contributed by atoms with Gasteiger partial charge in [-0.1, -0.05) is 65.6 Å². The highest BCUT2D eigenvalue weighted by Crippen LogP contribution is 2.20. The summed E-state index contributed by atoms with van der Waals surface area (Å²) in [7, 11) is 0. The molecule has 3 aromatic rings. The standard InChI is InChI=1S/C15H12N2S3/c1-19-15(18)17-12-9-5-6-10-13(12)20-14(17)16-11-7-3-2-4-8-11/h2-10H,1H3. The van der Waals surface area contributed by atoms with Gasteiger partial charge >= 0.3 is 0 Å². The Morgan fingerprint density at radius 1 is 1.10 bits per heavy atom. The van der Waals surface area contributed by atoms with Crippen molar-refractivity contribution in [1.82, 2.24) is 4.57 Å². The Morgan fingerprint density at radius 2 is 1.80 bits per heavy atom. The second-order valence-corrected chi connectivity index (χ2v) is 6.55. The minimum Gasteiger partial charge on any atom is -0.270 e. The highest BCUT2D eigenvalue weighted by Gasteiger charge is 2.09. The van der Waals surface area contributed by atoms with Crippen LogP contribution < -0.4 is 4.80 Å². The number of hydrogen-bond acceptors (Lipinski definition) is 4. The van der Waals surface area contributed by atoms with Gasteiger partial charge in [-0.2, -0.15) is 0 Å². The molecule has 0 saturated carbocycles. The first-order chi connectivity index (χ1) is 9.79. The normalized spacial score (nSPS) is 11.9. The van der Waals surface area contributed by atoms with E-state index >= 15 is 0 Å². The fraction of sp³-hybridized carbons (Fsp3) is 0.0667. The summed E-state index contributed by atoms with van der Waals surface area (Å²) < 4.78 is 4.06. The molecule has 2 aromatic carbocycles. The third-order valence-corrected chi connectivity index (χ3v) is 5.07. The van der Waals surface area contributed by atoms with E-state index in [1.807, 2.05) is 53.3 Å². The summed E-state index contributed by atoms with van der Waals surface area (Å²) in [5, 5.41) is 0. The number of hydrogen-bond donors (Lipinski definition) is 0. The Balaban J connectivity index is 2.30. The number of thiazole rings is 1. The zero-order chi connectivity index (χ0) is 13.9. The van der Waals surface area contributed by atoms with Crippen LogP contribution in [0.15, 0.2) is 59.6 Å². The van der Waals surface area contributed by atoms with E-state index < -0.39 is 0 Å². The molecule has 1 heterocycles. The zero-order valence-corrected chi connectivity index (χ0v) is 13.3. The molecular weight excluding hydrogens is 304 g/mol. The van der Waals surface area contributed by atoms with Crippen LogP contribution in [0.4, 0.5) is 5.69 Å². The van der Waals surface area contributed by atoms with Crippen LogP contribution in [-0.2, 0) is 0 Å². The molecule has 0 fully saturated rings. The summed E-state index contributed by atoms with van der Waals surface area (Å²) in [5.74, 6) is 0. The highest BCUT2D eigenvalue weighted by molar-refractivity contribution is 8.22. The third kappa shape index (κ3) is 2.57. The van der Waals surface area contributed by atoms with Crippen LogP contribution in [0.25, 0.3) is 10.2 Å². The van der Waals surface area contributed by atoms with Crippen LogP contribution in [0.5, 0.6) is 0 Å². The van der Waals surface area contributed by atoms with Gasteiger partial charge < -0.3 is 0 Å². The molecule has 0 N–H and O–H groups in total. The number of thioether (sulfide) groups is 1. The molecule has 0 unspecified atom stereocenters. The van der Waals surface area contributed by atoms with Crippen molar-refractivity contribution in [3.05, 3.63) is 59.4 Å². The topological polar surface area (TPSA) is 17.3 Å². The molecule has 3 rings (SSSR count). The molecule has 0 spiro atoms. The second-order valence-electron chi connectivity index (χ2n) is 4.11. The van der Waals surface area contributed by atoms with E-state index in [2.05, 4.69) is 12.1 Å². The summed E-state index contributed by atoms with van der Waals surface area (Å²) in [6.07, 6.45) is 1.99. The fourth-order valence-corrected chi connectivity index (χ4v) is 3.64. The molecule has 0 amide bonds. The summed E-state index contributed by atoms with van der Waals surface area (Å²) >= 11 is 8.70. The quantitative estimate of drug-likeness (QED) is 0.618. The molecule has 0 bridgehead atoms. The fourth-order valence-electron chi connectivity index (χ4n) is 1.93. The third-order valence-electron chi connectivity index (χ3n) is 2.84. The highest BCUT2D eigenvalue weighted by atomic mass is 32.2. The van der Waals surface area contributed by atoms with Crippen molar-refractivity contribution in [3.8, 4) is 0 Å². The van der Waals surface area contributed by atoms with Crippen molar-refractivity contribution in [1.29, 1.82) is 0 Å². The maximum absolute atomic E-state index is 5.48. The molecule has 0 saturated heterocycles. The zero-order valence-electron chi connectivity index (χ0n) is 10.8. The van der Waals surface area contributed by atoms with Gasteiger partial charge in [-0.3, -0.25) is 4.57 Å². The van der Waals surface area contributed by atoms with Gasteiger partial charge in [-0.15, -0.1) is 0 Å². The van der Waals surface area contributed by atoms with Gasteiger partial charge in [-0.05, 0) is 30.5 Å². The van der Waals surface area contributed by atoms with E-state index in [0.29, 0.717) is 0 Å². The number of fused-ring (bicyclic) bond motifs is 1. The van der Waals surface area contributed by atoms with Crippen molar-refractivity contribution in [2.24, 2.45) is 4.99 Å².